The summed E-state index contributed by atoms with van der Waals surface area (Å²) >= 11 is 3.28. The number of nitrogens with zero attached hydrogens (tertiary/aromatic N) is 2. The molecule has 1 N–H and O–H groups in total. The third-order valence-electron chi connectivity index (χ3n) is 3.79. The normalized spacial score (nSPS) is 15.0. The molecule has 0 aliphatic carbocycles. The van der Waals surface area contributed by atoms with E-state index in [4.69, 9.17) is 0 Å². The van der Waals surface area contributed by atoms with E-state index in [9.17, 15) is 9.18 Å². The highest BCUT2D eigenvalue weighted by atomic mass is 79.9. The van der Waals surface area contributed by atoms with Gasteiger partial charge in [-0.15, -0.1) is 0 Å². The molecule has 0 spiro atoms. The topological polar surface area (TPSA) is 37.7 Å². The molecule has 1 aromatic heterocycles. The van der Waals surface area contributed by atoms with Crippen molar-refractivity contribution in [3.05, 3.63) is 58.6 Å². The van der Waals surface area contributed by atoms with Gasteiger partial charge in [-0.2, -0.15) is 0 Å². The molecule has 1 fully saturated rings. The van der Waals surface area contributed by atoms with Crippen LogP contribution in [-0.4, -0.2) is 37.0 Å². The Labute approximate surface area is 136 Å². The fraction of sp³-hybridized carbons (Fsp3) is 0.250. The zero-order chi connectivity index (χ0) is 15.5. The summed E-state index contributed by atoms with van der Waals surface area (Å²) in [5.41, 5.74) is 1.25. The molecule has 6 heteroatoms. The Morgan fingerprint density at radius 2 is 1.77 bits per heavy atom. The molecule has 0 bridgehead atoms. The summed E-state index contributed by atoms with van der Waals surface area (Å²) in [6.45, 7) is 2.66. The number of hydrogen-bond acceptors (Lipinski definition) is 2. The Morgan fingerprint density at radius 3 is 2.45 bits per heavy atom. The number of amides is 1. The number of carbonyl (C=O) groups excluding carboxylic acids is 1. The Hall–Kier alpha value is -1.95. The van der Waals surface area contributed by atoms with Crippen molar-refractivity contribution < 1.29 is 14.2 Å². The summed E-state index contributed by atoms with van der Waals surface area (Å²) in [4.78, 5) is 19.4. The van der Waals surface area contributed by atoms with Gasteiger partial charge in [0.05, 0.1) is 5.56 Å². The van der Waals surface area contributed by atoms with Crippen LogP contribution in [0.15, 0.2) is 47.2 Å². The van der Waals surface area contributed by atoms with E-state index in [0.717, 1.165) is 18.8 Å². The summed E-state index contributed by atoms with van der Waals surface area (Å²) < 4.78 is 14.5. The summed E-state index contributed by atoms with van der Waals surface area (Å²) in [5, 5.41) is 0. The molecule has 4 nitrogen and oxygen atoms in total. The van der Waals surface area contributed by atoms with Gasteiger partial charge in [0, 0.05) is 48.5 Å². The number of nitrogens with one attached hydrogen (secondary N) is 1. The van der Waals surface area contributed by atoms with E-state index in [2.05, 4.69) is 25.8 Å². The number of pyridine rings is 1. The van der Waals surface area contributed by atoms with Gasteiger partial charge in [-0.3, -0.25) is 4.79 Å². The number of hydrogen-bond donors (Lipinski definition) is 0. The number of anilines is 1. The van der Waals surface area contributed by atoms with Crippen LogP contribution >= 0.6 is 15.9 Å². The summed E-state index contributed by atoms with van der Waals surface area (Å²) in [6, 6.07) is 8.46. The number of H-pyrrole nitrogens is 1. The summed E-state index contributed by atoms with van der Waals surface area (Å²) in [7, 11) is 0. The zero-order valence-corrected chi connectivity index (χ0v) is 13.5. The second kappa shape index (κ2) is 6.44. The molecule has 1 aliphatic heterocycles. The fourth-order valence-corrected chi connectivity index (χ4v) is 2.95. The Kier molecular flexibility index (Phi) is 4.38. The molecule has 0 saturated carbocycles. The van der Waals surface area contributed by atoms with Gasteiger partial charge in [0.25, 0.3) is 5.91 Å². The van der Waals surface area contributed by atoms with Crippen LogP contribution in [0.5, 0.6) is 0 Å². The van der Waals surface area contributed by atoms with Crippen LogP contribution < -0.4 is 9.88 Å². The SMILES string of the molecule is O=C(c1cc(Br)ccc1F)N1CCN(c2cc[nH+]cc2)CC1. The quantitative estimate of drug-likeness (QED) is 0.820. The van der Waals surface area contributed by atoms with E-state index in [1.165, 1.54) is 12.1 Å². The first-order chi connectivity index (χ1) is 10.6. The molecular formula is C16H16BrFN3O+. The largest absolute Gasteiger partial charge is 0.368 e. The maximum atomic E-state index is 13.8. The molecule has 2 heterocycles. The maximum absolute atomic E-state index is 13.8. The lowest BCUT2D eigenvalue weighted by Gasteiger charge is -2.35. The molecule has 0 atom stereocenters. The first-order valence-corrected chi connectivity index (χ1v) is 7.90. The molecule has 0 radical (unpaired) electrons. The van der Waals surface area contributed by atoms with Crippen LogP contribution in [0.25, 0.3) is 0 Å². The van der Waals surface area contributed by atoms with Gasteiger partial charge in [0.1, 0.15) is 5.82 Å². The number of aromatic amines is 1. The highest BCUT2D eigenvalue weighted by molar-refractivity contribution is 9.10. The molecule has 0 unspecified atom stereocenters. The molecule has 2 aromatic rings. The number of carbonyl (C=O) groups is 1. The van der Waals surface area contributed by atoms with Crippen molar-refractivity contribution in [3.63, 3.8) is 0 Å². The lowest BCUT2D eigenvalue weighted by Crippen LogP contribution is -2.49. The van der Waals surface area contributed by atoms with Crippen molar-refractivity contribution in [2.24, 2.45) is 0 Å². The van der Waals surface area contributed by atoms with Crippen LogP contribution in [0.2, 0.25) is 0 Å². The predicted octanol–water partition coefficient (Wildman–Crippen LogP) is 2.36. The van der Waals surface area contributed by atoms with E-state index in [-0.39, 0.29) is 11.5 Å². The molecular weight excluding hydrogens is 349 g/mol. The lowest BCUT2D eigenvalue weighted by molar-refractivity contribution is -0.377. The summed E-state index contributed by atoms with van der Waals surface area (Å²) in [6.07, 6.45) is 3.76. The van der Waals surface area contributed by atoms with Gasteiger partial charge in [0.15, 0.2) is 12.4 Å². The molecule has 22 heavy (non-hydrogen) atoms. The van der Waals surface area contributed by atoms with Crippen LogP contribution in [0.1, 0.15) is 10.4 Å². The lowest BCUT2D eigenvalue weighted by atomic mass is 10.1. The molecule has 114 valence electrons. The zero-order valence-electron chi connectivity index (χ0n) is 11.9. The Bertz CT molecular complexity index is 672. The Morgan fingerprint density at radius 1 is 1.09 bits per heavy atom. The Balaban J connectivity index is 1.68. The van der Waals surface area contributed by atoms with Crippen molar-refractivity contribution in [2.45, 2.75) is 0 Å². The highest BCUT2D eigenvalue weighted by Gasteiger charge is 2.24. The summed E-state index contributed by atoms with van der Waals surface area (Å²) in [5.74, 6) is -0.728. The number of benzene rings is 1. The minimum Gasteiger partial charge on any atom is -0.368 e. The van der Waals surface area contributed by atoms with E-state index >= 15 is 0 Å². The minimum atomic E-state index is -0.478. The molecule has 1 amide bonds. The van der Waals surface area contributed by atoms with Crippen molar-refractivity contribution in [3.8, 4) is 0 Å². The van der Waals surface area contributed by atoms with E-state index in [1.54, 1.807) is 11.0 Å². The second-order valence-corrected chi connectivity index (χ2v) is 6.08. The van der Waals surface area contributed by atoms with Crippen LogP contribution in [-0.2, 0) is 0 Å². The molecule has 1 aliphatic rings. The average Bonchev–Trinajstić information content (AvgIpc) is 2.57. The monoisotopic (exact) mass is 364 g/mol. The molecule has 1 aromatic carbocycles. The van der Waals surface area contributed by atoms with Gasteiger partial charge in [-0.05, 0) is 18.2 Å². The van der Waals surface area contributed by atoms with Gasteiger partial charge in [0.2, 0.25) is 0 Å². The van der Waals surface area contributed by atoms with E-state index in [1.807, 2.05) is 24.5 Å². The molecule has 3 rings (SSSR count). The van der Waals surface area contributed by atoms with Gasteiger partial charge in [-0.25, -0.2) is 9.37 Å². The number of rotatable bonds is 2. The van der Waals surface area contributed by atoms with E-state index in [0.29, 0.717) is 17.6 Å². The number of aromatic nitrogens is 1. The van der Waals surface area contributed by atoms with Crippen LogP contribution in [0.3, 0.4) is 0 Å². The standard InChI is InChI=1S/C16H15BrFN3O/c17-12-1-2-15(18)14(11-12)16(22)21-9-7-20(8-10-21)13-3-5-19-6-4-13/h1-6,11H,7-10H2/p+1. The van der Waals surface area contributed by atoms with Crippen LogP contribution in [0, 0.1) is 5.82 Å². The predicted molar refractivity (Wildman–Crippen MR) is 85.2 cm³/mol. The second-order valence-electron chi connectivity index (χ2n) is 5.16. The van der Waals surface area contributed by atoms with Gasteiger partial charge < -0.3 is 9.80 Å². The van der Waals surface area contributed by atoms with Gasteiger partial charge in [-0.1, -0.05) is 15.9 Å². The van der Waals surface area contributed by atoms with E-state index < -0.39 is 5.82 Å². The number of halogens is 2. The highest BCUT2D eigenvalue weighted by Crippen LogP contribution is 2.19. The molecule has 1 saturated heterocycles. The van der Waals surface area contributed by atoms with Crippen molar-refractivity contribution in [1.82, 2.24) is 4.90 Å². The van der Waals surface area contributed by atoms with Gasteiger partial charge >= 0.3 is 0 Å². The van der Waals surface area contributed by atoms with Crippen LogP contribution in [0.4, 0.5) is 10.1 Å². The van der Waals surface area contributed by atoms with Crippen molar-refractivity contribution >= 4 is 27.5 Å². The number of piperazine rings is 1. The minimum absolute atomic E-state index is 0.122. The smallest absolute Gasteiger partial charge is 0.256 e. The third-order valence-corrected chi connectivity index (χ3v) is 4.28. The third kappa shape index (κ3) is 3.11. The first-order valence-electron chi connectivity index (χ1n) is 7.10. The first kappa shape index (κ1) is 15.0. The van der Waals surface area contributed by atoms with Crippen molar-refractivity contribution in [1.29, 1.82) is 0 Å². The van der Waals surface area contributed by atoms with Crippen molar-refractivity contribution in [2.75, 3.05) is 31.1 Å². The fourth-order valence-electron chi connectivity index (χ4n) is 2.59. The average molecular weight is 365 g/mol. The maximum Gasteiger partial charge on any atom is 0.256 e.